The van der Waals surface area contributed by atoms with E-state index in [0.29, 0.717) is 18.1 Å². The second-order valence-corrected chi connectivity index (χ2v) is 5.46. The van der Waals surface area contributed by atoms with Crippen LogP contribution in [0.3, 0.4) is 0 Å². The molecule has 7 heteroatoms. The van der Waals surface area contributed by atoms with Crippen LogP contribution in [0.15, 0.2) is 52.9 Å². The van der Waals surface area contributed by atoms with Crippen LogP contribution < -0.4 is 10.1 Å². The molecule has 0 saturated carbocycles. The van der Waals surface area contributed by atoms with E-state index < -0.39 is 5.91 Å². The van der Waals surface area contributed by atoms with Gasteiger partial charge in [0.15, 0.2) is 6.61 Å². The van der Waals surface area contributed by atoms with Gasteiger partial charge < -0.3 is 9.15 Å². The van der Waals surface area contributed by atoms with E-state index in [0.717, 1.165) is 11.1 Å². The van der Waals surface area contributed by atoms with Crippen molar-refractivity contribution in [3.05, 3.63) is 71.4 Å². The minimum atomic E-state index is -0.404. The lowest BCUT2D eigenvalue weighted by Crippen LogP contribution is -2.20. The molecule has 1 N–H and O–H groups in total. The van der Waals surface area contributed by atoms with Crippen LogP contribution in [-0.4, -0.2) is 22.7 Å². The molecule has 1 aromatic heterocycles. The van der Waals surface area contributed by atoms with Crippen LogP contribution in [0, 0.1) is 12.7 Å². The number of nitrogens with one attached hydrogen (secondary N) is 1. The van der Waals surface area contributed by atoms with Crippen molar-refractivity contribution < 1.29 is 18.3 Å². The van der Waals surface area contributed by atoms with Gasteiger partial charge in [-0.25, -0.2) is 4.39 Å². The molecule has 0 fully saturated rings. The molecular formula is C18H16FN3O3. The van der Waals surface area contributed by atoms with Crippen LogP contribution in [0.25, 0.3) is 0 Å². The van der Waals surface area contributed by atoms with E-state index in [2.05, 4.69) is 15.5 Å². The van der Waals surface area contributed by atoms with Crippen LogP contribution in [-0.2, 0) is 11.2 Å². The van der Waals surface area contributed by atoms with E-state index in [9.17, 15) is 9.18 Å². The first-order valence-corrected chi connectivity index (χ1v) is 7.64. The van der Waals surface area contributed by atoms with Crippen molar-refractivity contribution in [1.29, 1.82) is 0 Å². The fourth-order valence-electron chi connectivity index (χ4n) is 2.16. The molecule has 1 heterocycles. The number of carbonyl (C=O) groups is 1. The van der Waals surface area contributed by atoms with Gasteiger partial charge in [-0.3, -0.25) is 10.1 Å². The number of carbonyl (C=O) groups excluding carboxylic acids is 1. The number of halogens is 1. The minimum Gasteiger partial charge on any atom is -0.484 e. The number of hydrogen-bond acceptors (Lipinski definition) is 5. The fraction of sp³-hybridized carbons (Fsp3) is 0.167. The van der Waals surface area contributed by atoms with E-state index in [4.69, 9.17) is 9.15 Å². The van der Waals surface area contributed by atoms with Gasteiger partial charge in [0.2, 0.25) is 5.89 Å². The van der Waals surface area contributed by atoms with Gasteiger partial charge in [0.25, 0.3) is 5.91 Å². The lowest BCUT2D eigenvalue weighted by atomic mass is 10.1. The van der Waals surface area contributed by atoms with E-state index in [1.165, 1.54) is 12.1 Å². The smallest absolute Gasteiger partial charge is 0.322 e. The van der Waals surface area contributed by atoms with E-state index in [-0.39, 0.29) is 18.4 Å². The number of ether oxygens (including phenoxy) is 1. The van der Waals surface area contributed by atoms with Crippen LogP contribution in [0.2, 0.25) is 0 Å². The lowest BCUT2D eigenvalue weighted by Gasteiger charge is -2.05. The van der Waals surface area contributed by atoms with Crippen molar-refractivity contribution in [3.63, 3.8) is 0 Å². The van der Waals surface area contributed by atoms with Gasteiger partial charge in [-0.2, -0.15) is 0 Å². The maximum atomic E-state index is 12.9. The number of hydrogen-bond donors (Lipinski definition) is 1. The zero-order chi connectivity index (χ0) is 17.6. The molecule has 0 radical (unpaired) electrons. The summed E-state index contributed by atoms with van der Waals surface area (Å²) in [5.74, 6) is 0.216. The highest BCUT2D eigenvalue weighted by molar-refractivity contribution is 5.89. The summed E-state index contributed by atoms with van der Waals surface area (Å²) >= 11 is 0. The summed E-state index contributed by atoms with van der Waals surface area (Å²) < 4.78 is 23.6. The third-order valence-electron chi connectivity index (χ3n) is 3.34. The molecule has 0 spiro atoms. The highest BCUT2D eigenvalue weighted by atomic mass is 19.1. The van der Waals surface area contributed by atoms with Crippen LogP contribution >= 0.6 is 0 Å². The zero-order valence-corrected chi connectivity index (χ0v) is 13.5. The summed E-state index contributed by atoms with van der Waals surface area (Å²) in [6.07, 6.45) is 0.350. The number of nitrogens with zero attached hydrogens (tertiary/aromatic N) is 2. The number of aryl methyl sites for hydroxylation is 1. The van der Waals surface area contributed by atoms with Crippen LogP contribution in [0.4, 0.5) is 10.4 Å². The van der Waals surface area contributed by atoms with Crippen molar-refractivity contribution in [2.45, 2.75) is 13.3 Å². The summed E-state index contributed by atoms with van der Waals surface area (Å²) in [6.45, 7) is 1.77. The molecule has 3 aromatic rings. The Kier molecular flexibility index (Phi) is 5.03. The van der Waals surface area contributed by atoms with Crippen molar-refractivity contribution in [2.75, 3.05) is 11.9 Å². The Morgan fingerprint density at radius 1 is 1.20 bits per heavy atom. The second-order valence-electron chi connectivity index (χ2n) is 5.46. The molecule has 25 heavy (non-hydrogen) atoms. The zero-order valence-electron chi connectivity index (χ0n) is 13.5. The first-order chi connectivity index (χ1) is 12.1. The van der Waals surface area contributed by atoms with Gasteiger partial charge >= 0.3 is 6.01 Å². The molecule has 0 saturated heterocycles. The molecular weight excluding hydrogens is 325 g/mol. The van der Waals surface area contributed by atoms with Crippen LogP contribution in [0.1, 0.15) is 17.0 Å². The van der Waals surface area contributed by atoms with Crippen LogP contribution in [0.5, 0.6) is 5.75 Å². The van der Waals surface area contributed by atoms with Gasteiger partial charge in [-0.05, 0) is 42.3 Å². The summed E-state index contributed by atoms with van der Waals surface area (Å²) in [7, 11) is 0. The first kappa shape index (κ1) is 16.6. The first-order valence-electron chi connectivity index (χ1n) is 7.64. The Labute approximate surface area is 143 Å². The maximum Gasteiger partial charge on any atom is 0.322 e. The average molecular weight is 341 g/mol. The Morgan fingerprint density at radius 2 is 2.00 bits per heavy atom. The number of rotatable bonds is 6. The molecule has 2 aromatic carbocycles. The summed E-state index contributed by atoms with van der Waals surface area (Å²) in [4.78, 5) is 11.9. The third kappa shape index (κ3) is 4.87. The van der Waals surface area contributed by atoms with Crippen molar-refractivity contribution in [2.24, 2.45) is 0 Å². The lowest BCUT2D eigenvalue weighted by molar-refractivity contribution is -0.118. The van der Waals surface area contributed by atoms with Gasteiger partial charge in [0.1, 0.15) is 11.6 Å². The fourth-order valence-corrected chi connectivity index (χ4v) is 2.16. The molecule has 0 aliphatic heterocycles. The molecule has 0 aliphatic rings. The Bertz CT molecular complexity index is 862. The highest BCUT2D eigenvalue weighted by Crippen LogP contribution is 2.14. The number of amides is 1. The number of anilines is 1. The second kappa shape index (κ2) is 7.57. The number of benzene rings is 2. The number of aromatic nitrogens is 2. The van der Waals surface area contributed by atoms with Crippen molar-refractivity contribution >= 4 is 11.9 Å². The van der Waals surface area contributed by atoms with Crippen molar-refractivity contribution in [1.82, 2.24) is 10.2 Å². The predicted molar refractivity (Wildman–Crippen MR) is 88.8 cm³/mol. The highest BCUT2D eigenvalue weighted by Gasteiger charge is 2.11. The molecule has 0 atom stereocenters. The van der Waals surface area contributed by atoms with Gasteiger partial charge in [0.05, 0.1) is 6.42 Å². The minimum absolute atomic E-state index is 0.00467. The predicted octanol–water partition coefficient (Wildman–Crippen LogP) is 3.13. The normalized spacial score (nSPS) is 10.5. The molecule has 0 bridgehead atoms. The van der Waals surface area contributed by atoms with Gasteiger partial charge in [-0.1, -0.05) is 29.4 Å². The Hall–Kier alpha value is -3.22. The Morgan fingerprint density at radius 3 is 2.76 bits per heavy atom. The molecule has 3 rings (SSSR count). The topological polar surface area (TPSA) is 77.2 Å². The average Bonchev–Trinajstić information content (AvgIpc) is 3.02. The molecule has 1 amide bonds. The van der Waals surface area contributed by atoms with Gasteiger partial charge in [0, 0.05) is 0 Å². The quantitative estimate of drug-likeness (QED) is 0.745. The molecule has 6 nitrogen and oxygen atoms in total. The Balaban J connectivity index is 1.52. The maximum absolute atomic E-state index is 12.9. The largest absolute Gasteiger partial charge is 0.484 e. The van der Waals surface area contributed by atoms with Gasteiger partial charge in [-0.15, -0.1) is 5.10 Å². The summed E-state index contributed by atoms with van der Waals surface area (Å²) in [6, 6.07) is 13.4. The standard InChI is InChI=1S/C18H16FN3O3/c1-12-3-2-4-15(9-12)24-11-16(23)20-18-22-21-17(25-18)10-13-5-7-14(19)8-6-13/h2-9H,10-11H2,1H3,(H,20,22,23). The van der Waals surface area contributed by atoms with E-state index >= 15 is 0 Å². The third-order valence-corrected chi connectivity index (χ3v) is 3.34. The SMILES string of the molecule is Cc1cccc(OCC(=O)Nc2nnc(Cc3ccc(F)cc3)o2)c1. The summed E-state index contributed by atoms with van der Waals surface area (Å²) in [5.41, 5.74) is 1.87. The molecule has 128 valence electrons. The molecule has 0 aliphatic carbocycles. The summed E-state index contributed by atoms with van der Waals surface area (Å²) in [5, 5.41) is 10.1. The van der Waals surface area contributed by atoms with Crippen molar-refractivity contribution in [3.8, 4) is 5.75 Å². The van der Waals surface area contributed by atoms with E-state index in [1.807, 2.05) is 25.1 Å². The molecule has 0 unspecified atom stereocenters. The monoisotopic (exact) mass is 341 g/mol. The van der Waals surface area contributed by atoms with E-state index in [1.54, 1.807) is 18.2 Å².